The minimum atomic E-state index is -0.904. The molecule has 1 heterocycles. The highest BCUT2D eigenvalue weighted by Gasteiger charge is 2.26. The van der Waals surface area contributed by atoms with Crippen molar-refractivity contribution < 1.29 is 19.4 Å². The van der Waals surface area contributed by atoms with Crippen LogP contribution in [-0.4, -0.2) is 66.8 Å². The Balaban J connectivity index is 2.48. The van der Waals surface area contributed by atoms with Crippen molar-refractivity contribution in [3.05, 3.63) is 0 Å². The van der Waals surface area contributed by atoms with Crippen LogP contribution in [0, 0.1) is 0 Å². The van der Waals surface area contributed by atoms with Crippen LogP contribution in [-0.2, 0) is 9.53 Å². The number of morpholine rings is 1. The molecular weight excluding hydrogens is 200 g/mol. The van der Waals surface area contributed by atoms with Crippen LogP contribution in [0.1, 0.15) is 6.42 Å². The van der Waals surface area contributed by atoms with E-state index in [-0.39, 0.29) is 18.6 Å². The number of amides is 2. The topological polar surface area (TPSA) is 70.1 Å². The molecule has 0 aliphatic carbocycles. The molecule has 1 rings (SSSR count). The van der Waals surface area contributed by atoms with Crippen molar-refractivity contribution in [2.75, 3.05) is 33.8 Å². The average molecular weight is 216 g/mol. The van der Waals surface area contributed by atoms with E-state index in [2.05, 4.69) is 0 Å². The third kappa shape index (κ3) is 3.39. The second kappa shape index (κ2) is 4.97. The number of urea groups is 1. The van der Waals surface area contributed by atoms with Crippen LogP contribution in [0.3, 0.4) is 0 Å². The van der Waals surface area contributed by atoms with E-state index in [4.69, 9.17) is 9.84 Å². The second-order valence-electron chi connectivity index (χ2n) is 3.71. The molecule has 0 bridgehead atoms. The molecule has 0 aromatic rings. The van der Waals surface area contributed by atoms with Gasteiger partial charge in [0.25, 0.3) is 0 Å². The zero-order valence-corrected chi connectivity index (χ0v) is 8.97. The Bertz CT molecular complexity index is 254. The Hall–Kier alpha value is -1.30. The summed E-state index contributed by atoms with van der Waals surface area (Å²) in [6, 6.07) is -0.103. The lowest BCUT2D eigenvalue weighted by molar-refractivity contribution is -0.141. The first-order valence-electron chi connectivity index (χ1n) is 4.80. The predicted octanol–water partition coefficient (Wildman–Crippen LogP) is -0.156. The molecule has 6 nitrogen and oxygen atoms in total. The van der Waals surface area contributed by atoms with Crippen molar-refractivity contribution in [2.45, 2.75) is 12.5 Å². The highest BCUT2D eigenvalue weighted by molar-refractivity contribution is 5.74. The van der Waals surface area contributed by atoms with E-state index in [1.807, 2.05) is 0 Å². The lowest BCUT2D eigenvalue weighted by Gasteiger charge is -2.33. The molecule has 0 saturated carbocycles. The third-order valence-electron chi connectivity index (χ3n) is 2.19. The number of carbonyl (C=O) groups excluding carboxylic acids is 1. The first-order chi connectivity index (χ1) is 7.00. The van der Waals surface area contributed by atoms with E-state index in [0.29, 0.717) is 19.7 Å². The van der Waals surface area contributed by atoms with Gasteiger partial charge in [0.05, 0.1) is 19.1 Å². The fourth-order valence-corrected chi connectivity index (χ4v) is 1.49. The van der Waals surface area contributed by atoms with Gasteiger partial charge in [0, 0.05) is 27.2 Å². The van der Waals surface area contributed by atoms with E-state index in [9.17, 15) is 9.59 Å². The molecule has 1 aliphatic heterocycles. The maximum atomic E-state index is 11.6. The summed E-state index contributed by atoms with van der Waals surface area (Å²) in [7, 11) is 3.34. The number of ether oxygens (including phenoxy) is 1. The van der Waals surface area contributed by atoms with Crippen molar-refractivity contribution in [2.24, 2.45) is 0 Å². The van der Waals surface area contributed by atoms with Gasteiger partial charge in [0.1, 0.15) is 0 Å². The molecule has 15 heavy (non-hydrogen) atoms. The van der Waals surface area contributed by atoms with Crippen LogP contribution in [0.2, 0.25) is 0 Å². The molecule has 0 aromatic carbocycles. The maximum Gasteiger partial charge on any atom is 0.319 e. The van der Waals surface area contributed by atoms with E-state index >= 15 is 0 Å². The molecule has 1 aliphatic rings. The number of nitrogens with zero attached hydrogens (tertiary/aromatic N) is 2. The summed E-state index contributed by atoms with van der Waals surface area (Å²) in [6.45, 7) is 1.27. The van der Waals surface area contributed by atoms with Crippen LogP contribution >= 0.6 is 0 Å². The Morgan fingerprint density at radius 2 is 2.20 bits per heavy atom. The summed E-state index contributed by atoms with van der Waals surface area (Å²) in [6.07, 6.45) is -0.447. The molecule has 1 unspecified atom stereocenters. The summed E-state index contributed by atoms with van der Waals surface area (Å²) < 4.78 is 5.26. The predicted molar refractivity (Wildman–Crippen MR) is 52.6 cm³/mol. The monoisotopic (exact) mass is 216 g/mol. The number of hydrogen-bond acceptors (Lipinski definition) is 3. The van der Waals surface area contributed by atoms with Gasteiger partial charge in [-0.2, -0.15) is 0 Å². The third-order valence-corrected chi connectivity index (χ3v) is 2.19. The number of carboxylic acids is 1. The van der Waals surface area contributed by atoms with Crippen molar-refractivity contribution >= 4 is 12.0 Å². The first-order valence-corrected chi connectivity index (χ1v) is 4.80. The van der Waals surface area contributed by atoms with Crippen molar-refractivity contribution in [1.82, 2.24) is 9.80 Å². The SMILES string of the molecule is CN(C)C(=O)N1CCOC(CC(=O)O)C1. The van der Waals surface area contributed by atoms with E-state index in [1.165, 1.54) is 4.90 Å². The van der Waals surface area contributed by atoms with E-state index < -0.39 is 5.97 Å². The maximum absolute atomic E-state index is 11.6. The van der Waals surface area contributed by atoms with Gasteiger partial charge in [-0.15, -0.1) is 0 Å². The molecular formula is C9H16N2O4. The molecule has 1 saturated heterocycles. The van der Waals surface area contributed by atoms with Crippen LogP contribution < -0.4 is 0 Å². The van der Waals surface area contributed by atoms with Crippen LogP contribution in [0.15, 0.2) is 0 Å². The Labute approximate surface area is 88.4 Å². The van der Waals surface area contributed by atoms with Gasteiger partial charge in [-0.05, 0) is 0 Å². The molecule has 1 atom stereocenters. The zero-order chi connectivity index (χ0) is 11.4. The minimum absolute atomic E-state index is 0.0583. The van der Waals surface area contributed by atoms with Crippen LogP contribution in [0.5, 0.6) is 0 Å². The summed E-state index contributed by atoms with van der Waals surface area (Å²) >= 11 is 0. The molecule has 1 fully saturated rings. The first kappa shape index (κ1) is 11.8. The van der Waals surface area contributed by atoms with Crippen LogP contribution in [0.4, 0.5) is 4.79 Å². The smallest absolute Gasteiger partial charge is 0.319 e. The Kier molecular flexibility index (Phi) is 3.90. The summed E-state index contributed by atoms with van der Waals surface area (Å²) in [5, 5.41) is 8.61. The normalized spacial score (nSPS) is 21.2. The van der Waals surface area contributed by atoms with Crippen molar-refractivity contribution in [1.29, 1.82) is 0 Å². The van der Waals surface area contributed by atoms with Gasteiger partial charge in [-0.3, -0.25) is 4.79 Å². The number of aliphatic carboxylic acids is 1. The minimum Gasteiger partial charge on any atom is -0.481 e. The summed E-state index contributed by atoms with van der Waals surface area (Å²) in [5.41, 5.74) is 0. The quantitative estimate of drug-likeness (QED) is 0.696. The summed E-state index contributed by atoms with van der Waals surface area (Å²) in [5.74, 6) is -0.904. The van der Waals surface area contributed by atoms with Gasteiger partial charge in [0.2, 0.25) is 0 Å². The number of hydrogen-bond donors (Lipinski definition) is 1. The molecule has 1 N–H and O–H groups in total. The standard InChI is InChI=1S/C9H16N2O4/c1-10(2)9(14)11-3-4-15-7(6-11)5-8(12)13/h7H,3-6H2,1-2H3,(H,12,13). The lowest BCUT2D eigenvalue weighted by atomic mass is 10.2. The fourth-order valence-electron chi connectivity index (χ4n) is 1.49. The highest BCUT2D eigenvalue weighted by Crippen LogP contribution is 2.09. The lowest BCUT2D eigenvalue weighted by Crippen LogP contribution is -2.49. The van der Waals surface area contributed by atoms with Gasteiger partial charge in [-0.1, -0.05) is 0 Å². The van der Waals surface area contributed by atoms with Gasteiger partial charge >= 0.3 is 12.0 Å². The average Bonchev–Trinajstić information content (AvgIpc) is 2.16. The largest absolute Gasteiger partial charge is 0.481 e. The molecule has 0 radical (unpaired) electrons. The number of rotatable bonds is 2. The zero-order valence-electron chi connectivity index (χ0n) is 8.97. The number of carbonyl (C=O) groups is 2. The highest BCUT2D eigenvalue weighted by atomic mass is 16.5. The second-order valence-corrected chi connectivity index (χ2v) is 3.71. The Morgan fingerprint density at radius 3 is 2.73 bits per heavy atom. The van der Waals surface area contributed by atoms with E-state index in [0.717, 1.165) is 0 Å². The fraction of sp³-hybridized carbons (Fsp3) is 0.778. The van der Waals surface area contributed by atoms with E-state index in [1.54, 1.807) is 19.0 Å². The summed E-state index contributed by atoms with van der Waals surface area (Å²) in [4.78, 5) is 25.1. The molecule has 6 heteroatoms. The number of carboxylic acid groups (broad SMARTS) is 1. The molecule has 2 amide bonds. The van der Waals surface area contributed by atoms with Gasteiger partial charge in [0.15, 0.2) is 0 Å². The molecule has 0 spiro atoms. The van der Waals surface area contributed by atoms with Crippen molar-refractivity contribution in [3.63, 3.8) is 0 Å². The Morgan fingerprint density at radius 1 is 1.53 bits per heavy atom. The van der Waals surface area contributed by atoms with Crippen LogP contribution in [0.25, 0.3) is 0 Å². The molecule has 0 aromatic heterocycles. The van der Waals surface area contributed by atoms with Gasteiger partial charge in [-0.25, -0.2) is 4.79 Å². The van der Waals surface area contributed by atoms with Crippen molar-refractivity contribution in [3.8, 4) is 0 Å². The van der Waals surface area contributed by atoms with Gasteiger partial charge < -0.3 is 19.6 Å². The molecule has 86 valence electrons.